The Kier molecular flexibility index (Phi) is 8.89. The van der Waals surface area contributed by atoms with Crippen molar-refractivity contribution in [3.8, 4) is 34.5 Å². The van der Waals surface area contributed by atoms with E-state index >= 15 is 0 Å². The van der Waals surface area contributed by atoms with Crippen LogP contribution in [0.5, 0.6) is 34.5 Å². The molecule has 13 nitrogen and oxygen atoms in total. The van der Waals surface area contributed by atoms with E-state index < -0.39 is 35.2 Å². The summed E-state index contributed by atoms with van der Waals surface area (Å²) in [6.45, 7) is 0.433. The molecule has 0 bridgehead atoms. The molecular formula is C35H31N3O10S. The van der Waals surface area contributed by atoms with Crippen LogP contribution in [0.3, 0.4) is 0 Å². The molecule has 0 saturated carbocycles. The van der Waals surface area contributed by atoms with E-state index in [4.69, 9.17) is 26.4 Å². The fourth-order valence-corrected chi connectivity index (χ4v) is 6.15. The Bertz CT molecular complexity index is 1950. The van der Waals surface area contributed by atoms with Crippen LogP contribution in [0.25, 0.3) is 0 Å². The van der Waals surface area contributed by atoms with Crippen LogP contribution in [0, 0.1) is 0 Å². The van der Waals surface area contributed by atoms with Crippen molar-refractivity contribution in [2.45, 2.75) is 30.9 Å². The molecule has 2 aliphatic rings. The fraction of sp³-hybridized carbons (Fsp3) is 0.200. The van der Waals surface area contributed by atoms with Gasteiger partial charge in [-0.3, -0.25) is 4.79 Å². The number of carbonyl (C=O) groups is 3. The number of fused-ring (bicyclic) bond motifs is 6. The van der Waals surface area contributed by atoms with Gasteiger partial charge >= 0.3 is 11.9 Å². The lowest BCUT2D eigenvalue weighted by Gasteiger charge is -2.36. The van der Waals surface area contributed by atoms with Gasteiger partial charge in [-0.2, -0.15) is 0 Å². The fourth-order valence-electron chi connectivity index (χ4n) is 5.93. The lowest BCUT2D eigenvalue weighted by molar-refractivity contribution is -0.143. The highest BCUT2D eigenvalue weighted by Gasteiger charge is 2.53. The minimum Gasteiger partial charge on any atom is -0.508 e. The highest BCUT2D eigenvalue weighted by molar-refractivity contribution is 7.80. The lowest BCUT2D eigenvalue weighted by atomic mass is 9.77. The molecule has 7 N–H and O–H groups in total. The summed E-state index contributed by atoms with van der Waals surface area (Å²) in [5.41, 5.74) is 1.11. The van der Waals surface area contributed by atoms with E-state index in [9.17, 15) is 34.8 Å². The number of carbonyl (C=O) groups excluding carboxylic acids is 3. The summed E-state index contributed by atoms with van der Waals surface area (Å²) in [5.74, 6) is -2.15. The number of amides is 1. The Balaban J connectivity index is 1.08. The lowest BCUT2D eigenvalue weighted by Crippen LogP contribution is -2.41. The summed E-state index contributed by atoms with van der Waals surface area (Å²) in [6, 6.07) is 16.9. The van der Waals surface area contributed by atoms with Crippen LogP contribution in [0.2, 0.25) is 0 Å². The molecule has 49 heavy (non-hydrogen) atoms. The highest BCUT2D eigenvalue weighted by atomic mass is 32.1. The molecule has 0 fully saturated rings. The summed E-state index contributed by atoms with van der Waals surface area (Å²) in [5, 5.41) is 48.4. The second-order valence-corrected chi connectivity index (χ2v) is 11.8. The van der Waals surface area contributed by atoms with Crippen molar-refractivity contribution in [3.05, 3.63) is 101 Å². The van der Waals surface area contributed by atoms with Crippen molar-refractivity contribution in [1.29, 1.82) is 0 Å². The second kappa shape index (κ2) is 13.2. The van der Waals surface area contributed by atoms with Crippen molar-refractivity contribution in [3.63, 3.8) is 0 Å². The highest BCUT2D eigenvalue weighted by Crippen LogP contribution is 2.57. The van der Waals surface area contributed by atoms with Crippen LogP contribution in [-0.4, -0.2) is 63.1 Å². The van der Waals surface area contributed by atoms with Crippen molar-refractivity contribution in [1.82, 2.24) is 10.6 Å². The quantitative estimate of drug-likeness (QED) is 0.0564. The zero-order valence-corrected chi connectivity index (χ0v) is 26.8. The number of methoxy groups -OCH3 is 1. The first kappa shape index (κ1) is 32.9. The number of rotatable bonds is 9. The molecule has 0 aromatic heterocycles. The third-order valence-corrected chi connectivity index (χ3v) is 8.51. The molecule has 6 rings (SSSR count). The molecule has 1 amide bonds. The minimum absolute atomic E-state index is 0.0369. The number of phenols is 4. The Morgan fingerprint density at radius 2 is 1.53 bits per heavy atom. The molecule has 4 aromatic rings. The number of phenolic OH excluding ortho intramolecular Hbond substituents is 4. The van der Waals surface area contributed by atoms with Crippen molar-refractivity contribution >= 4 is 40.9 Å². The topological polar surface area (TPSA) is 196 Å². The maximum absolute atomic E-state index is 13.4. The molecule has 0 saturated heterocycles. The number of unbranched alkanes of at least 4 members (excludes halogenated alkanes) is 1. The predicted molar refractivity (Wildman–Crippen MR) is 179 cm³/mol. The van der Waals surface area contributed by atoms with E-state index in [2.05, 4.69) is 16.0 Å². The molecule has 4 aromatic carbocycles. The zero-order chi connectivity index (χ0) is 34.9. The SMILES string of the molecule is COC(=O)C(CCCCNC(=S)Nc1ccc2c(c1)C(=O)OC21c2ccc(O)cc2Oc2cc(O)ccc21)NC(=O)c1ccc(O)c(O)c1. The minimum atomic E-state index is -1.37. The molecule has 2 aliphatic heterocycles. The van der Waals surface area contributed by atoms with Gasteiger partial charge in [0.1, 0.15) is 29.0 Å². The third kappa shape index (κ3) is 6.33. The number of thiocarbonyl (C=S) groups is 1. The Labute approximate surface area is 285 Å². The molecule has 252 valence electrons. The number of ether oxygens (including phenoxy) is 3. The van der Waals surface area contributed by atoms with Gasteiger partial charge in [-0.1, -0.05) is 6.07 Å². The van der Waals surface area contributed by atoms with E-state index in [0.717, 1.165) is 6.07 Å². The number of benzene rings is 4. The summed E-state index contributed by atoms with van der Waals surface area (Å²) < 4.78 is 16.9. The number of esters is 2. The normalized spacial score (nSPS) is 13.9. The maximum atomic E-state index is 13.4. The van der Waals surface area contributed by atoms with Crippen molar-refractivity contribution in [2.75, 3.05) is 19.0 Å². The van der Waals surface area contributed by atoms with Crippen LogP contribution in [0.15, 0.2) is 72.8 Å². The largest absolute Gasteiger partial charge is 0.508 e. The monoisotopic (exact) mass is 685 g/mol. The first-order valence-electron chi connectivity index (χ1n) is 15.2. The van der Waals surface area contributed by atoms with E-state index in [-0.39, 0.29) is 40.7 Å². The number of hydrogen-bond acceptors (Lipinski definition) is 11. The number of anilines is 1. The first-order chi connectivity index (χ1) is 23.5. The smallest absolute Gasteiger partial charge is 0.340 e. The van der Waals surface area contributed by atoms with Crippen molar-refractivity contribution < 1.29 is 49.0 Å². The maximum Gasteiger partial charge on any atom is 0.340 e. The van der Waals surface area contributed by atoms with E-state index in [1.165, 1.54) is 43.5 Å². The van der Waals surface area contributed by atoms with Crippen LogP contribution < -0.4 is 20.7 Å². The first-order valence-corrected chi connectivity index (χ1v) is 15.6. The summed E-state index contributed by atoms with van der Waals surface area (Å²) in [7, 11) is 1.22. The van der Waals surface area contributed by atoms with E-state index in [1.807, 2.05) is 0 Å². The van der Waals surface area contributed by atoms with Gasteiger partial charge in [0.25, 0.3) is 5.91 Å². The molecule has 14 heteroatoms. The average Bonchev–Trinajstić information content (AvgIpc) is 3.35. The molecular weight excluding hydrogens is 654 g/mol. The van der Waals surface area contributed by atoms with Gasteiger partial charge in [-0.25, -0.2) is 9.59 Å². The summed E-state index contributed by atoms with van der Waals surface area (Å²) in [4.78, 5) is 38.3. The number of hydrogen-bond donors (Lipinski definition) is 7. The van der Waals surface area contributed by atoms with Gasteiger partial charge in [0.05, 0.1) is 12.7 Å². The van der Waals surface area contributed by atoms with Gasteiger partial charge < -0.3 is 50.6 Å². The van der Waals surface area contributed by atoms with E-state index in [0.29, 0.717) is 52.4 Å². The Morgan fingerprint density at radius 3 is 2.18 bits per heavy atom. The van der Waals surface area contributed by atoms with Crippen LogP contribution >= 0.6 is 12.2 Å². The molecule has 0 aliphatic carbocycles. The molecule has 1 spiro atoms. The third-order valence-electron chi connectivity index (χ3n) is 8.27. The predicted octanol–water partition coefficient (Wildman–Crippen LogP) is 4.51. The second-order valence-electron chi connectivity index (χ2n) is 11.4. The van der Waals surface area contributed by atoms with Crippen LogP contribution in [0.4, 0.5) is 5.69 Å². The number of nitrogens with one attached hydrogen (secondary N) is 3. The Hall–Kier alpha value is -6.02. The summed E-state index contributed by atoms with van der Waals surface area (Å²) >= 11 is 5.46. The van der Waals surface area contributed by atoms with Gasteiger partial charge in [-0.15, -0.1) is 0 Å². The van der Waals surface area contributed by atoms with Crippen LogP contribution in [-0.2, 0) is 19.9 Å². The molecule has 1 unspecified atom stereocenters. The van der Waals surface area contributed by atoms with Gasteiger partial charge in [-0.05, 0) is 86.1 Å². The summed E-state index contributed by atoms with van der Waals surface area (Å²) in [6.07, 6.45) is 1.37. The Morgan fingerprint density at radius 1 is 0.857 bits per heavy atom. The van der Waals surface area contributed by atoms with E-state index in [1.54, 1.807) is 30.3 Å². The van der Waals surface area contributed by atoms with Gasteiger partial charge in [0.15, 0.2) is 22.2 Å². The number of aromatic hydroxyl groups is 4. The molecule has 1 atom stereocenters. The molecule has 0 radical (unpaired) electrons. The van der Waals surface area contributed by atoms with Crippen LogP contribution in [0.1, 0.15) is 56.7 Å². The average molecular weight is 686 g/mol. The molecule has 2 heterocycles. The van der Waals surface area contributed by atoms with Gasteiger partial charge in [0.2, 0.25) is 0 Å². The van der Waals surface area contributed by atoms with Gasteiger partial charge in [0, 0.05) is 46.6 Å². The van der Waals surface area contributed by atoms with Crippen molar-refractivity contribution in [2.24, 2.45) is 0 Å². The standard InChI is InChI=1S/C35H31N3O10S/c1-46-33(45)26(38-31(43)18-5-12-27(41)28(42)14-18)4-2-3-13-36-34(49)37-19-6-9-23-22(15-19)32(44)48-35(23)24-10-7-20(39)16-29(24)47-30-17-21(40)8-11-25(30)35/h5-12,14-17,26,39-42H,2-4,13H2,1H3,(H,38,43)(H2,36,37,49). The zero-order valence-electron chi connectivity index (χ0n) is 26.0.